The third-order valence-corrected chi connectivity index (χ3v) is 5.55. The zero-order valence-electron chi connectivity index (χ0n) is 13.5. The Bertz CT molecular complexity index is 315. The average Bonchev–Trinajstić information content (AvgIpc) is 3.28. The molecule has 3 heteroatoms. The van der Waals surface area contributed by atoms with Crippen LogP contribution in [0.5, 0.6) is 0 Å². The largest absolute Gasteiger partial charge is 0.355 e. The third-order valence-electron chi connectivity index (χ3n) is 5.55. The van der Waals surface area contributed by atoms with Crippen molar-refractivity contribution < 1.29 is 4.79 Å². The minimum Gasteiger partial charge on any atom is -0.355 e. The van der Waals surface area contributed by atoms with Crippen LogP contribution < -0.4 is 10.6 Å². The fourth-order valence-corrected chi connectivity index (χ4v) is 3.32. The number of carbonyl (C=O) groups excluding carboxylic acids is 1. The van der Waals surface area contributed by atoms with E-state index in [1.807, 2.05) is 0 Å². The first kappa shape index (κ1) is 15.8. The number of amides is 1. The number of rotatable bonds is 7. The molecule has 0 heterocycles. The van der Waals surface area contributed by atoms with Gasteiger partial charge in [-0.05, 0) is 49.9 Å². The van der Waals surface area contributed by atoms with Crippen LogP contribution in [0.25, 0.3) is 0 Å². The highest BCUT2D eigenvalue weighted by Crippen LogP contribution is 2.40. The fourth-order valence-electron chi connectivity index (χ4n) is 3.32. The Morgan fingerprint density at radius 1 is 1.05 bits per heavy atom. The van der Waals surface area contributed by atoms with Crippen molar-refractivity contribution in [2.45, 2.75) is 71.8 Å². The Morgan fingerprint density at radius 3 is 2.25 bits per heavy atom. The first-order valence-electron chi connectivity index (χ1n) is 8.54. The molecule has 2 rings (SSSR count). The number of hydrogen-bond acceptors (Lipinski definition) is 2. The summed E-state index contributed by atoms with van der Waals surface area (Å²) < 4.78 is 0. The van der Waals surface area contributed by atoms with Crippen molar-refractivity contribution in [1.29, 1.82) is 0 Å². The molecule has 1 amide bonds. The molecule has 0 aliphatic heterocycles. The molecule has 3 nitrogen and oxygen atoms in total. The molecule has 0 bridgehead atoms. The summed E-state index contributed by atoms with van der Waals surface area (Å²) in [5, 5.41) is 6.64. The lowest BCUT2D eigenvalue weighted by atomic mass is 9.69. The minimum absolute atomic E-state index is 0.264. The van der Waals surface area contributed by atoms with Crippen molar-refractivity contribution in [1.82, 2.24) is 10.6 Å². The molecule has 2 saturated carbocycles. The van der Waals surface area contributed by atoms with Gasteiger partial charge in [0.1, 0.15) is 0 Å². The van der Waals surface area contributed by atoms with E-state index in [0.29, 0.717) is 17.4 Å². The van der Waals surface area contributed by atoms with Gasteiger partial charge in [0.05, 0.1) is 0 Å². The van der Waals surface area contributed by atoms with Crippen molar-refractivity contribution in [3.8, 4) is 0 Å². The lowest BCUT2D eigenvalue weighted by molar-refractivity contribution is -0.122. The van der Waals surface area contributed by atoms with Crippen LogP contribution in [0, 0.1) is 17.3 Å². The molecule has 2 aliphatic carbocycles. The first-order chi connectivity index (χ1) is 9.53. The maximum Gasteiger partial charge on any atom is 0.223 e. The molecule has 0 unspecified atom stereocenters. The van der Waals surface area contributed by atoms with E-state index in [0.717, 1.165) is 31.8 Å². The summed E-state index contributed by atoms with van der Waals surface area (Å²) in [6, 6.07) is 0.664. The van der Waals surface area contributed by atoms with Gasteiger partial charge in [-0.3, -0.25) is 4.79 Å². The van der Waals surface area contributed by atoms with E-state index >= 15 is 0 Å². The molecule has 2 fully saturated rings. The van der Waals surface area contributed by atoms with Gasteiger partial charge < -0.3 is 10.6 Å². The predicted octanol–water partition coefficient (Wildman–Crippen LogP) is 3.10. The van der Waals surface area contributed by atoms with E-state index in [1.54, 1.807) is 0 Å². The summed E-state index contributed by atoms with van der Waals surface area (Å²) in [5.74, 6) is 1.49. The van der Waals surface area contributed by atoms with Crippen molar-refractivity contribution in [2.75, 3.05) is 13.1 Å². The summed E-state index contributed by atoms with van der Waals surface area (Å²) in [5.41, 5.74) is 0.503. The minimum atomic E-state index is 0.264. The zero-order chi connectivity index (χ0) is 14.6. The second-order valence-electron chi connectivity index (χ2n) is 7.41. The second-order valence-corrected chi connectivity index (χ2v) is 7.41. The molecule has 2 aliphatic rings. The van der Waals surface area contributed by atoms with Crippen LogP contribution in [0.15, 0.2) is 0 Å². The Kier molecular flexibility index (Phi) is 5.48. The molecule has 0 atom stereocenters. The first-order valence-corrected chi connectivity index (χ1v) is 8.54. The third kappa shape index (κ3) is 4.47. The van der Waals surface area contributed by atoms with Crippen molar-refractivity contribution >= 4 is 5.91 Å². The molecule has 0 radical (unpaired) electrons. The lowest BCUT2D eigenvalue weighted by Gasteiger charge is -2.39. The predicted molar refractivity (Wildman–Crippen MR) is 83.6 cm³/mol. The standard InChI is InChI=1S/C17H32N2O/c1-4-17(2,3)14-7-9-15(10-8-14)18-11-12-19-16(20)13-5-6-13/h13-15,18H,4-12H2,1-3H3,(H,19,20). The molecule has 2 N–H and O–H groups in total. The summed E-state index contributed by atoms with van der Waals surface area (Å²) in [6.45, 7) is 8.85. The average molecular weight is 280 g/mol. The van der Waals surface area contributed by atoms with Gasteiger partial charge in [-0.2, -0.15) is 0 Å². The van der Waals surface area contributed by atoms with Crippen LogP contribution in [0.2, 0.25) is 0 Å². The van der Waals surface area contributed by atoms with E-state index < -0.39 is 0 Å². The highest BCUT2D eigenvalue weighted by molar-refractivity contribution is 5.80. The molecule has 0 aromatic carbocycles. The summed E-state index contributed by atoms with van der Waals surface area (Å²) in [6.07, 6.45) is 8.77. The van der Waals surface area contributed by atoms with E-state index in [9.17, 15) is 4.79 Å². The van der Waals surface area contributed by atoms with Crippen LogP contribution >= 0.6 is 0 Å². The van der Waals surface area contributed by atoms with Crippen molar-refractivity contribution in [3.63, 3.8) is 0 Å². The normalized spacial score (nSPS) is 27.4. The van der Waals surface area contributed by atoms with Crippen LogP contribution in [0.3, 0.4) is 0 Å². The van der Waals surface area contributed by atoms with Gasteiger partial charge in [0.25, 0.3) is 0 Å². The van der Waals surface area contributed by atoms with E-state index in [-0.39, 0.29) is 5.91 Å². The van der Waals surface area contributed by atoms with Gasteiger partial charge >= 0.3 is 0 Å². The van der Waals surface area contributed by atoms with Gasteiger partial charge in [0.15, 0.2) is 0 Å². The summed E-state index contributed by atoms with van der Waals surface area (Å²) in [4.78, 5) is 11.5. The van der Waals surface area contributed by atoms with Crippen LogP contribution in [-0.4, -0.2) is 25.0 Å². The van der Waals surface area contributed by atoms with E-state index in [4.69, 9.17) is 0 Å². The number of carbonyl (C=O) groups is 1. The van der Waals surface area contributed by atoms with Crippen LogP contribution in [-0.2, 0) is 4.79 Å². The summed E-state index contributed by atoms with van der Waals surface area (Å²) in [7, 11) is 0. The fraction of sp³-hybridized carbons (Fsp3) is 0.941. The molecule has 0 spiro atoms. The monoisotopic (exact) mass is 280 g/mol. The Hall–Kier alpha value is -0.570. The second kappa shape index (κ2) is 6.93. The van der Waals surface area contributed by atoms with Gasteiger partial charge in [-0.15, -0.1) is 0 Å². The molecule has 20 heavy (non-hydrogen) atoms. The molecule has 0 aromatic heterocycles. The topological polar surface area (TPSA) is 41.1 Å². The molecular formula is C17H32N2O. The highest BCUT2D eigenvalue weighted by Gasteiger charge is 2.31. The highest BCUT2D eigenvalue weighted by atomic mass is 16.2. The summed E-state index contributed by atoms with van der Waals surface area (Å²) >= 11 is 0. The molecule has 116 valence electrons. The zero-order valence-corrected chi connectivity index (χ0v) is 13.5. The Morgan fingerprint density at radius 2 is 1.70 bits per heavy atom. The van der Waals surface area contributed by atoms with Crippen LogP contribution in [0.4, 0.5) is 0 Å². The maximum atomic E-state index is 11.5. The molecular weight excluding hydrogens is 248 g/mol. The quantitative estimate of drug-likeness (QED) is 0.704. The lowest BCUT2D eigenvalue weighted by Crippen LogP contribution is -2.40. The van der Waals surface area contributed by atoms with Crippen molar-refractivity contribution in [3.05, 3.63) is 0 Å². The SMILES string of the molecule is CCC(C)(C)C1CCC(NCCNC(=O)C2CC2)CC1. The smallest absolute Gasteiger partial charge is 0.223 e. The van der Waals surface area contributed by atoms with Gasteiger partial charge in [-0.25, -0.2) is 0 Å². The van der Waals surface area contributed by atoms with E-state index in [1.165, 1.54) is 32.1 Å². The van der Waals surface area contributed by atoms with Gasteiger partial charge in [-0.1, -0.05) is 27.2 Å². The molecule has 0 saturated heterocycles. The maximum absolute atomic E-state index is 11.5. The van der Waals surface area contributed by atoms with Crippen molar-refractivity contribution in [2.24, 2.45) is 17.3 Å². The Labute approximate surface area is 124 Å². The number of hydrogen-bond donors (Lipinski definition) is 2. The van der Waals surface area contributed by atoms with E-state index in [2.05, 4.69) is 31.4 Å². The van der Waals surface area contributed by atoms with Crippen LogP contribution in [0.1, 0.15) is 65.7 Å². The van der Waals surface area contributed by atoms with Gasteiger partial charge in [0, 0.05) is 25.0 Å². The molecule has 0 aromatic rings. The van der Waals surface area contributed by atoms with Gasteiger partial charge in [0.2, 0.25) is 5.91 Å². The Balaban J connectivity index is 1.56. The number of nitrogens with one attached hydrogen (secondary N) is 2.